The lowest BCUT2D eigenvalue weighted by atomic mass is 9.83. The monoisotopic (exact) mass is 527 g/mol. The van der Waals surface area contributed by atoms with Gasteiger partial charge >= 0.3 is 0 Å². The normalized spacial score (nSPS) is 12.1. The summed E-state index contributed by atoms with van der Waals surface area (Å²) < 4.78 is 0. The highest BCUT2D eigenvalue weighted by Gasteiger charge is 2.38. The number of aromatic amines is 1. The Kier molecular flexibility index (Phi) is 6.07. The van der Waals surface area contributed by atoms with Gasteiger partial charge in [0.1, 0.15) is 11.4 Å². The molecule has 0 fully saturated rings. The van der Waals surface area contributed by atoms with Gasteiger partial charge in [-0.05, 0) is 63.2 Å². The van der Waals surface area contributed by atoms with Crippen LogP contribution in [-0.2, 0) is 0 Å². The van der Waals surface area contributed by atoms with Crippen LogP contribution in [0.4, 0.5) is 22.9 Å². The lowest BCUT2D eigenvalue weighted by Crippen LogP contribution is -2.29. The van der Waals surface area contributed by atoms with Crippen molar-refractivity contribution in [3.8, 4) is 11.4 Å². The summed E-state index contributed by atoms with van der Waals surface area (Å²) in [5.74, 6) is -0.559. The fraction of sp³-hybridized carbons (Fsp3) is 0.0938. The predicted octanol–water partition coefficient (Wildman–Crippen LogP) is 6.02. The van der Waals surface area contributed by atoms with Crippen molar-refractivity contribution in [3.05, 3.63) is 128 Å². The highest BCUT2D eigenvalue weighted by atomic mass is 16.1. The Hall–Kier alpha value is -5.37. The van der Waals surface area contributed by atoms with Gasteiger partial charge in [-0.2, -0.15) is 0 Å². The molecule has 0 aliphatic heterocycles. The fourth-order valence-corrected chi connectivity index (χ4v) is 4.74. The predicted molar refractivity (Wildman–Crippen MR) is 155 cm³/mol. The van der Waals surface area contributed by atoms with E-state index in [1.54, 1.807) is 31.3 Å². The van der Waals surface area contributed by atoms with Crippen LogP contribution in [0.3, 0.4) is 0 Å². The number of hydrogen-bond donors (Lipinski definition) is 3. The topological polar surface area (TPSA) is 117 Å². The number of pyridine rings is 3. The number of nitrogens with one attached hydrogen (secondary N) is 3. The molecule has 0 bridgehead atoms. The van der Waals surface area contributed by atoms with Crippen molar-refractivity contribution in [2.24, 2.45) is 0 Å². The highest BCUT2D eigenvalue weighted by molar-refractivity contribution is 6.31. The lowest BCUT2D eigenvalue weighted by Gasteiger charge is -2.25. The van der Waals surface area contributed by atoms with Crippen LogP contribution in [0, 0.1) is 20.8 Å². The van der Waals surface area contributed by atoms with Gasteiger partial charge < -0.3 is 15.6 Å². The number of nitrogens with zero attached hydrogens (tertiary/aromatic N) is 2. The fourth-order valence-electron chi connectivity index (χ4n) is 4.74. The van der Waals surface area contributed by atoms with Crippen LogP contribution < -0.4 is 16.2 Å². The van der Waals surface area contributed by atoms with Gasteiger partial charge in [-0.15, -0.1) is 0 Å². The number of benzene rings is 2. The Balaban J connectivity index is 1.66. The van der Waals surface area contributed by atoms with Crippen LogP contribution in [0.25, 0.3) is 11.4 Å². The zero-order valence-electron chi connectivity index (χ0n) is 22.1. The first-order valence-electron chi connectivity index (χ1n) is 12.8. The quantitative estimate of drug-likeness (QED) is 0.251. The first kappa shape index (κ1) is 24.9. The maximum absolute atomic E-state index is 14.2. The van der Waals surface area contributed by atoms with Crippen LogP contribution >= 0.6 is 0 Å². The van der Waals surface area contributed by atoms with Crippen molar-refractivity contribution in [3.63, 3.8) is 0 Å². The minimum absolute atomic E-state index is 0.0421. The number of aryl methyl sites for hydroxylation is 3. The molecule has 0 amide bonds. The number of ketones is 2. The average molecular weight is 528 g/mol. The maximum atomic E-state index is 14.2. The van der Waals surface area contributed by atoms with E-state index in [0.717, 1.165) is 16.8 Å². The van der Waals surface area contributed by atoms with Crippen molar-refractivity contribution >= 4 is 34.4 Å². The minimum Gasteiger partial charge on any atom is -0.352 e. The molecule has 8 heteroatoms. The highest BCUT2D eigenvalue weighted by Crippen LogP contribution is 2.41. The summed E-state index contributed by atoms with van der Waals surface area (Å²) in [5, 5.41) is 6.67. The Morgan fingerprint density at radius 2 is 1.38 bits per heavy atom. The van der Waals surface area contributed by atoms with E-state index in [0.29, 0.717) is 28.5 Å². The molecule has 0 saturated carbocycles. The van der Waals surface area contributed by atoms with E-state index in [1.165, 1.54) is 6.07 Å². The van der Waals surface area contributed by atoms with Crippen molar-refractivity contribution in [2.45, 2.75) is 20.8 Å². The van der Waals surface area contributed by atoms with Crippen LogP contribution in [0.5, 0.6) is 0 Å². The molecule has 0 saturated heterocycles. The number of carbonyl (C=O) groups excluding carboxylic acids is 2. The molecule has 2 aromatic carbocycles. The van der Waals surface area contributed by atoms with Crippen LogP contribution in [-0.4, -0.2) is 26.5 Å². The molecule has 3 aromatic heterocycles. The molecular formula is C32H25N5O3. The largest absolute Gasteiger partial charge is 0.352 e. The van der Waals surface area contributed by atoms with Crippen LogP contribution in [0.2, 0.25) is 0 Å². The van der Waals surface area contributed by atoms with Crippen molar-refractivity contribution in [1.82, 2.24) is 15.0 Å². The van der Waals surface area contributed by atoms with E-state index in [-0.39, 0.29) is 28.1 Å². The molecule has 0 unspecified atom stereocenters. The number of carbonyl (C=O) groups is 2. The van der Waals surface area contributed by atoms with E-state index in [1.807, 2.05) is 62.4 Å². The van der Waals surface area contributed by atoms with E-state index in [2.05, 4.69) is 20.6 Å². The van der Waals surface area contributed by atoms with E-state index < -0.39 is 17.1 Å². The molecule has 196 valence electrons. The third-order valence-corrected chi connectivity index (χ3v) is 6.89. The number of hydrogen-bond acceptors (Lipinski definition) is 7. The average Bonchev–Trinajstić information content (AvgIpc) is 2.96. The molecule has 0 radical (unpaired) electrons. The first-order valence-corrected chi connectivity index (χ1v) is 12.8. The molecule has 0 atom stereocenters. The SMILES string of the molecule is Cc1ccc(Nc2nc(-c3ccccn3)c3c(c2Nc2ccc(C)cc2)C(=O)c2[nH]c(=O)c(C)cc2C3=O)cc1. The van der Waals surface area contributed by atoms with Gasteiger partial charge in [-0.25, -0.2) is 4.98 Å². The third-order valence-electron chi connectivity index (χ3n) is 6.89. The second-order valence-corrected chi connectivity index (χ2v) is 9.86. The van der Waals surface area contributed by atoms with Gasteiger partial charge in [0, 0.05) is 23.1 Å². The van der Waals surface area contributed by atoms with Crippen LogP contribution in [0.15, 0.2) is 83.8 Å². The molecule has 3 N–H and O–H groups in total. The summed E-state index contributed by atoms with van der Waals surface area (Å²) in [6.45, 7) is 5.58. The van der Waals surface area contributed by atoms with Gasteiger partial charge in [0.25, 0.3) is 5.56 Å². The molecular weight excluding hydrogens is 502 g/mol. The molecule has 5 aromatic rings. The van der Waals surface area contributed by atoms with Gasteiger partial charge in [0.15, 0.2) is 11.6 Å². The Labute approximate surface area is 230 Å². The van der Waals surface area contributed by atoms with Gasteiger partial charge in [0.2, 0.25) is 5.78 Å². The number of anilines is 4. The Morgan fingerprint density at radius 3 is 2.00 bits per heavy atom. The van der Waals surface area contributed by atoms with Crippen LogP contribution in [0.1, 0.15) is 48.7 Å². The molecule has 0 spiro atoms. The number of H-pyrrole nitrogens is 1. The maximum Gasteiger partial charge on any atom is 0.251 e. The van der Waals surface area contributed by atoms with E-state index in [9.17, 15) is 14.4 Å². The first-order chi connectivity index (χ1) is 19.3. The summed E-state index contributed by atoms with van der Waals surface area (Å²) >= 11 is 0. The Morgan fingerprint density at radius 1 is 0.725 bits per heavy atom. The summed E-state index contributed by atoms with van der Waals surface area (Å²) in [5.41, 5.74) is 4.90. The molecule has 8 nitrogen and oxygen atoms in total. The summed E-state index contributed by atoms with van der Waals surface area (Å²) in [7, 11) is 0. The van der Waals surface area contributed by atoms with Crippen molar-refractivity contribution in [1.29, 1.82) is 0 Å². The smallest absolute Gasteiger partial charge is 0.251 e. The molecule has 3 heterocycles. The third kappa shape index (κ3) is 4.35. The van der Waals surface area contributed by atoms with E-state index in [4.69, 9.17) is 4.98 Å². The van der Waals surface area contributed by atoms with Gasteiger partial charge in [-0.3, -0.25) is 19.4 Å². The van der Waals surface area contributed by atoms with Gasteiger partial charge in [0.05, 0.1) is 28.1 Å². The number of fused-ring (bicyclic) bond motifs is 2. The second-order valence-electron chi connectivity index (χ2n) is 9.86. The zero-order chi connectivity index (χ0) is 28.0. The summed E-state index contributed by atoms with van der Waals surface area (Å²) in [6.07, 6.45) is 1.61. The van der Waals surface area contributed by atoms with E-state index >= 15 is 0 Å². The molecule has 1 aliphatic rings. The van der Waals surface area contributed by atoms with Crippen molar-refractivity contribution in [2.75, 3.05) is 10.6 Å². The standard InChI is InChI=1S/C32H25N5O3/c1-17-7-11-20(12-8-17)34-28-25-24(29(38)22-16-19(3)32(40)37-26(22)30(25)39)27(23-6-4-5-15-33-23)36-31(28)35-21-13-9-18(2)10-14-21/h4-16,34H,1-3H3,(H,35,36)(H,37,40). The Bertz CT molecular complexity index is 1860. The molecule has 1 aliphatic carbocycles. The number of aromatic nitrogens is 3. The minimum atomic E-state index is -0.483. The zero-order valence-corrected chi connectivity index (χ0v) is 22.1. The second kappa shape index (κ2) is 9.74. The number of rotatable bonds is 5. The molecule has 40 heavy (non-hydrogen) atoms. The van der Waals surface area contributed by atoms with Crippen molar-refractivity contribution < 1.29 is 9.59 Å². The lowest BCUT2D eigenvalue weighted by molar-refractivity contribution is 0.0976. The molecule has 6 rings (SSSR count). The van der Waals surface area contributed by atoms with Gasteiger partial charge in [-0.1, -0.05) is 41.5 Å². The summed E-state index contributed by atoms with van der Waals surface area (Å²) in [4.78, 5) is 52.8. The summed E-state index contributed by atoms with van der Waals surface area (Å²) in [6, 6.07) is 22.2.